The quantitative estimate of drug-likeness (QED) is 0.292. The van der Waals surface area contributed by atoms with Gasteiger partial charge >= 0.3 is 11.9 Å². The third-order valence-corrected chi connectivity index (χ3v) is 9.42. The predicted octanol–water partition coefficient (Wildman–Crippen LogP) is 2.36. The Morgan fingerprint density at radius 1 is 0.951 bits per heavy atom. The zero-order chi connectivity index (χ0) is 29.2. The molecule has 4 fully saturated rings. The number of piperidine rings is 1. The summed E-state index contributed by atoms with van der Waals surface area (Å²) in [4.78, 5) is 30.9. The Morgan fingerprint density at radius 2 is 1.71 bits per heavy atom. The number of esters is 2. The highest BCUT2D eigenvalue weighted by Crippen LogP contribution is 2.32. The lowest BCUT2D eigenvalue weighted by molar-refractivity contribution is -0.172. The molecule has 0 amide bonds. The van der Waals surface area contributed by atoms with Gasteiger partial charge in [0, 0.05) is 53.6 Å². The monoisotopic (exact) mass is 605 g/mol. The number of fused-ring (bicyclic) bond motifs is 5. The number of hydrogen-bond acceptors (Lipinski definition) is 10. The number of carbonyl (C=O) groups is 2. The Kier molecular flexibility index (Phi) is 13.4. The summed E-state index contributed by atoms with van der Waals surface area (Å²) in [5.74, 6) is -1.43. The van der Waals surface area contributed by atoms with Crippen LogP contribution >= 0.6 is 11.6 Å². The standard InChI is InChI=1S/C29H49ClFN3O7/c1-37-24-17-20-18-25(26(24)38-2)39-14-3-6-22(41-29(36)21-16-23(31)27(30)32-19-21)7-11-34-9-4-8-33(12-13-34)10-5-15-40-28(20)35/h20-27,32H,3-19H2,1-2H3. The maximum Gasteiger partial charge on any atom is 0.310 e. The van der Waals surface area contributed by atoms with Crippen LogP contribution in [0.25, 0.3) is 0 Å². The van der Waals surface area contributed by atoms with Gasteiger partial charge in [-0.2, -0.15) is 0 Å². The van der Waals surface area contributed by atoms with E-state index in [-0.39, 0.29) is 48.7 Å². The fraction of sp³-hybridized carbons (Fsp3) is 0.931. The molecular formula is C29H49ClFN3O7. The van der Waals surface area contributed by atoms with Crippen molar-refractivity contribution in [3.63, 3.8) is 0 Å². The third kappa shape index (κ3) is 9.71. The van der Waals surface area contributed by atoms with Crippen molar-refractivity contribution in [3.05, 3.63) is 0 Å². The highest BCUT2D eigenvalue weighted by molar-refractivity contribution is 6.20. The Hall–Kier alpha value is -1.08. The van der Waals surface area contributed by atoms with Crippen molar-refractivity contribution in [2.75, 3.05) is 73.2 Å². The highest BCUT2D eigenvalue weighted by atomic mass is 35.5. The van der Waals surface area contributed by atoms with Crippen LogP contribution in [0.2, 0.25) is 0 Å². The molecule has 12 heteroatoms. The number of cyclic esters (lactones) is 1. The Balaban J connectivity index is 1.42. The first kappa shape index (κ1) is 32.8. The van der Waals surface area contributed by atoms with Gasteiger partial charge in [-0.1, -0.05) is 0 Å². The molecule has 0 aromatic heterocycles. The molecule has 10 atom stereocenters. The number of ether oxygens (including phenoxy) is 5. The molecule has 0 radical (unpaired) electrons. The second kappa shape index (κ2) is 16.7. The lowest BCUT2D eigenvalue weighted by atomic mass is 9.83. The molecule has 3 heterocycles. The summed E-state index contributed by atoms with van der Waals surface area (Å²) in [6, 6.07) is 0. The van der Waals surface area contributed by atoms with Crippen LogP contribution in [-0.2, 0) is 33.3 Å². The van der Waals surface area contributed by atoms with Crippen molar-refractivity contribution in [2.45, 2.75) is 87.5 Å². The molecule has 1 N–H and O–H groups in total. The van der Waals surface area contributed by atoms with Crippen LogP contribution < -0.4 is 5.32 Å². The number of halogens is 2. The van der Waals surface area contributed by atoms with Crippen molar-refractivity contribution in [1.29, 1.82) is 0 Å². The van der Waals surface area contributed by atoms with Gasteiger partial charge in [0.1, 0.15) is 23.9 Å². The van der Waals surface area contributed by atoms with E-state index in [0.29, 0.717) is 51.9 Å². The van der Waals surface area contributed by atoms with Crippen molar-refractivity contribution in [3.8, 4) is 0 Å². The summed E-state index contributed by atoms with van der Waals surface area (Å²) in [5.41, 5.74) is -0.769. The number of methoxy groups -OCH3 is 2. The molecule has 4 bridgehead atoms. The van der Waals surface area contributed by atoms with Crippen LogP contribution in [0.3, 0.4) is 0 Å². The van der Waals surface area contributed by atoms with Crippen molar-refractivity contribution in [1.82, 2.24) is 15.1 Å². The first-order valence-corrected chi connectivity index (χ1v) is 15.8. The van der Waals surface area contributed by atoms with Crippen molar-refractivity contribution in [2.24, 2.45) is 11.8 Å². The molecule has 3 saturated heterocycles. The van der Waals surface area contributed by atoms with E-state index in [1.165, 1.54) is 0 Å². The maximum atomic E-state index is 14.2. The van der Waals surface area contributed by atoms with E-state index in [1.807, 2.05) is 0 Å². The van der Waals surface area contributed by atoms with E-state index in [9.17, 15) is 14.0 Å². The highest BCUT2D eigenvalue weighted by Gasteiger charge is 2.42. The van der Waals surface area contributed by atoms with Gasteiger partial charge < -0.3 is 33.5 Å². The molecule has 1 aliphatic carbocycles. The number of nitrogens with one attached hydrogen (secondary N) is 1. The summed E-state index contributed by atoms with van der Waals surface area (Å²) < 4.78 is 43.6. The topological polar surface area (TPSA) is 98.8 Å². The van der Waals surface area contributed by atoms with Crippen LogP contribution in [0.5, 0.6) is 0 Å². The van der Waals surface area contributed by atoms with Gasteiger partial charge in [-0.15, -0.1) is 11.6 Å². The largest absolute Gasteiger partial charge is 0.465 e. The van der Waals surface area contributed by atoms with Crippen LogP contribution in [0, 0.1) is 11.8 Å². The van der Waals surface area contributed by atoms with E-state index in [1.54, 1.807) is 14.2 Å². The lowest BCUT2D eigenvalue weighted by Crippen LogP contribution is -2.49. The molecule has 4 aliphatic rings. The molecule has 4 rings (SSSR count). The molecule has 0 spiro atoms. The minimum atomic E-state index is -1.29. The normalized spacial score (nSPS) is 40.3. The molecule has 41 heavy (non-hydrogen) atoms. The van der Waals surface area contributed by atoms with E-state index >= 15 is 0 Å². The molecule has 0 aromatic carbocycles. The first-order valence-electron chi connectivity index (χ1n) is 15.4. The fourth-order valence-corrected chi connectivity index (χ4v) is 6.73. The van der Waals surface area contributed by atoms with E-state index in [0.717, 1.165) is 52.1 Å². The average Bonchev–Trinajstić information content (AvgIpc) is 3.21. The van der Waals surface area contributed by atoms with Gasteiger partial charge in [0.25, 0.3) is 0 Å². The molecule has 3 aliphatic heterocycles. The number of rotatable bonds is 4. The second-order valence-electron chi connectivity index (χ2n) is 11.9. The summed E-state index contributed by atoms with van der Waals surface area (Å²) in [6.07, 6.45) is 2.54. The van der Waals surface area contributed by atoms with E-state index < -0.39 is 17.6 Å². The van der Waals surface area contributed by atoms with E-state index in [4.69, 9.17) is 35.3 Å². The number of carbonyl (C=O) groups excluding carboxylic acids is 2. The van der Waals surface area contributed by atoms with Gasteiger partial charge in [-0.25, -0.2) is 4.39 Å². The van der Waals surface area contributed by atoms with Crippen molar-refractivity contribution >= 4 is 23.5 Å². The van der Waals surface area contributed by atoms with Crippen molar-refractivity contribution < 1.29 is 37.7 Å². The third-order valence-electron chi connectivity index (χ3n) is 8.99. The van der Waals surface area contributed by atoms with E-state index in [2.05, 4.69) is 15.1 Å². The number of nitrogens with zero attached hydrogens (tertiary/aromatic N) is 2. The molecule has 1 saturated carbocycles. The average molecular weight is 606 g/mol. The second-order valence-corrected chi connectivity index (χ2v) is 12.3. The maximum absolute atomic E-state index is 14.2. The van der Waals surface area contributed by atoms with Crippen LogP contribution in [0.4, 0.5) is 4.39 Å². The predicted molar refractivity (Wildman–Crippen MR) is 152 cm³/mol. The summed E-state index contributed by atoms with van der Waals surface area (Å²) >= 11 is 5.94. The van der Waals surface area contributed by atoms with Gasteiger partial charge in [0.2, 0.25) is 0 Å². The zero-order valence-corrected chi connectivity index (χ0v) is 25.4. The van der Waals surface area contributed by atoms with Crippen LogP contribution in [0.1, 0.15) is 51.4 Å². The molecule has 10 nitrogen and oxygen atoms in total. The van der Waals surface area contributed by atoms with Gasteiger partial charge in [0.05, 0.1) is 30.7 Å². The molecular weight excluding hydrogens is 557 g/mol. The Labute approximate surface area is 248 Å². The zero-order valence-electron chi connectivity index (χ0n) is 24.6. The smallest absolute Gasteiger partial charge is 0.310 e. The Morgan fingerprint density at radius 3 is 2.44 bits per heavy atom. The number of hydrogen-bond donors (Lipinski definition) is 1. The minimum Gasteiger partial charge on any atom is -0.465 e. The minimum absolute atomic E-state index is 0.0716. The first-order chi connectivity index (χ1) is 19.9. The number of alkyl halides is 2. The molecule has 10 unspecified atom stereocenters. The summed E-state index contributed by atoms with van der Waals surface area (Å²) in [5, 5.41) is 2.87. The van der Waals surface area contributed by atoms with Crippen LogP contribution in [0.15, 0.2) is 0 Å². The van der Waals surface area contributed by atoms with Crippen LogP contribution in [-0.4, -0.2) is 131 Å². The van der Waals surface area contributed by atoms with Gasteiger partial charge in [-0.05, 0) is 64.5 Å². The summed E-state index contributed by atoms with van der Waals surface area (Å²) in [6.45, 7) is 6.77. The van der Waals surface area contributed by atoms with Gasteiger partial charge in [-0.3, -0.25) is 14.9 Å². The SMILES string of the molecule is COC1CC2CC(OCCCC(OC(=O)C3CNC(Cl)C(F)C3)CCN3CCCN(CCCOC2=O)CC3)C1OC. The molecule has 236 valence electrons. The lowest BCUT2D eigenvalue weighted by Gasteiger charge is -2.39. The Bertz CT molecular complexity index is 829. The fourth-order valence-electron chi connectivity index (χ4n) is 6.54. The summed E-state index contributed by atoms with van der Waals surface area (Å²) in [7, 11) is 3.27. The molecule has 0 aromatic rings. The van der Waals surface area contributed by atoms with Gasteiger partial charge in [0.15, 0.2) is 0 Å².